The van der Waals surface area contributed by atoms with Gasteiger partial charge in [0.05, 0.1) is 0 Å². The fraction of sp³-hybridized carbons (Fsp3) is 0.867. The second-order valence-corrected chi connectivity index (χ2v) is 9.50. The standard InChI is InChI=1S/C30H58/c1-3-5-7-9-11-13-15-17-19-21-23-25-27-29-30-28-26-24-22-20-18-16-14-12-10-8-6-4-2/h21,23,25,27H,3-20,22,24,26,28-30H2,1-2H3. The van der Waals surface area contributed by atoms with Crippen molar-refractivity contribution in [3.63, 3.8) is 0 Å². The van der Waals surface area contributed by atoms with Gasteiger partial charge in [0.2, 0.25) is 0 Å². The molecule has 0 aliphatic heterocycles. The smallest absolute Gasteiger partial charge is 0.0348 e. The van der Waals surface area contributed by atoms with Gasteiger partial charge in [-0.25, -0.2) is 0 Å². The number of unbranched alkanes of at least 4 members (excludes halogenated alkanes) is 22. The molecule has 0 aliphatic carbocycles. The molecule has 0 heterocycles. The minimum absolute atomic E-state index is 1.26. The number of allylic oxidation sites excluding steroid dienone is 4. The van der Waals surface area contributed by atoms with Crippen molar-refractivity contribution in [2.75, 3.05) is 0 Å². The second kappa shape index (κ2) is 28.5. The molecule has 0 aromatic rings. The SMILES string of the molecule is CCCCCCCCCCC=CC=CCCCCCCCCCCCCCCCC. The van der Waals surface area contributed by atoms with Crippen LogP contribution in [0.3, 0.4) is 0 Å². The van der Waals surface area contributed by atoms with E-state index in [1.54, 1.807) is 0 Å². The van der Waals surface area contributed by atoms with Gasteiger partial charge in [0, 0.05) is 0 Å². The Morgan fingerprint density at radius 3 is 0.800 bits per heavy atom. The first kappa shape index (κ1) is 29.5. The van der Waals surface area contributed by atoms with Crippen molar-refractivity contribution in [2.24, 2.45) is 0 Å². The van der Waals surface area contributed by atoms with Gasteiger partial charge in [-0.2, -0.15) is 0 Å². The highest BCUT2D eigenvalue weighted by molar-refractivity contribution is 5.02. The van der Waals surface area contributed by atoms with Crippen LogP contribution in [0.15, 0.2) is 24.3 Å². The predicted molar refractivity (Wildman–Crippen MR) is 140 cm³/mol. The molecule has 0 nitrogen and oxygen atoms in total. The van der Waals surface area contributed by atoms with Crippen LogP contribution in [0.25, 0.3) is 0 Å². The van der Waals surface area contributed by atoms with E-state index in [2.05, 4.69) is 38.2 Å². The van der Waals surface area contributed by atoms with Crippen LogP contribution in [0.5, 0.6) is 0 Å². The van der Waals surface area contributed by atoms with Crippen LogP contribution >= 0.6 is 0 Å². The lowest BCUT2D eigenvalue weighted by molar-refractivity contribution is 0.536. The van der Waals surface area contributed by atoms with Gasteiger partial charge in [-0.05, 0) is 25.7 Å². The summed E-state index contributed by atoms with van der Waals surface area (Å²) in [4.78, 5) is 0. The fourth-order valence-electron chi connectivity index (χ4n) is 4.20. The van der Waals surface area contributed by atoms with E-state index in [9.17, 15) is 0 Å². The van der Waals surface area contributed by atoms with Crippen LogP contribution in [0, 0.1) is 0 Å². The quantitative estimate of drug-likeness (QED) is 0.102. The molecule has 0 unspecified atom stereocenters. The van der Waals surface area contributed by atoms with Crippen LogP contribution in [0.1, 0.15) is 168 Å². The van der Waals surface area contributed by atoms with Gasteiger partial charge in [-0.3, -0.25) is 0 Å². The Balaban J connectivity index is 3.13. The van der Waals surface area contributed by atoms with E-state index in [-0.39, 0.29) is 0 Å². The highest BCUT2D eigenvalue weighted by atomic mass is 14.0. The van der Waals surface area contributed by atoms with Gasteiger partial charge >= 0.3 is 0 Å². The summed E-state index contributed by atoms with van der Waals surface area (Å²) in [5, 5.41) is 0. The summed E-state index contributed by atoms with van der Waals surface area (Å²) in [6.07, 6.45) is 43.4. The van der Waals surface area contributed by atoms with Crippen LogP contribution in [-0.4, -0.2) is 0 Å². The Labute approximate surface area is 192 Å². The van der Waals surface area contributed by atoms with Gasteiger partial charge in [0.1, 0.15) is 0 Å². The van der Waals surface area contributed by atoms with Crippen LogP contribution in [0.4, 0.5) is 0 Å². The summed E-state index contributed by atoms with van der Waals surface area (Å²) in [6, 6.07) is 0. The van der Waals surface area contributed by atoms with Gasteiger partial charge in [0.25, 0.3) is 0 Å². The van der Waals surface area contributed by atoms with Crippen molar-refractivity contribution >= 4 is 0 Å². The highest BCUT2D eigenvalue weighted by Gasteiger charge is 1.94. The summed E-state index contributed by atoms with van der Waals surface area (Å²) in [6.45, 7) is 4.59. The zero-order valence-electron chi connectivity index (χ0n) is 21.3. The third-order valence-electron chi connectivity index (χ3n) is 6.33. The lowest BCUT2D eigenvalue weighted by Gasteiger charge is -2.02. The third kappa shape index (κ3) is 27.5. The molecule has 0 heteroatoms. The van der Waals surface area contributed by atoms with Crippen molar-refractivity contribution in [3.8, 4) is 0 Å². The minimum atomic E-state index is 1.26. The monoisotopic (exact) mass is 418 g/mol. The number of hydrogen-bond donors (Lipinski definition) is 0. The minimum Gasteiger partial charge on any atom is -0.0845 e. The van der Waals surface area contributed by atoms with Crippen LogP contribution < -0.4 is 0 Å². The van der Waals surface area contributed by atoms with Gasteiger partial charge < -0.3 is 0 Å². The molecule has 0 saturated heterocycles. The first-order valence-corrected chi connectivity index (χ1v) is 14.2. The molecule has 30 heavy (non-hydrogen) atoms. The van der Waals surface area contributed by atoms with E-state index in [1.165, 1.54) is 154 Å². The van der Waals surface area contributed by atoms with E-state index in [4.69, 9.17) is 0 Å². The van der Waals surface area contributed by atoms with Crippen molar-refractivity contribution in [1.82, 2.24) is 0 Å². The molecule has 0 aliphatic rings. The van der Waals surface area contributed by atoms with Crippen LogP contribution in [0.2, 0.25) is 0 Å². The molecular weight excluding hydrogens is 360 g/mol. The van der Waals surface area contributed by atoms with Crippen molar-refractivity contribution in [2.45, 2.75) is 168 Å². The summed E-state index contributed by atoms with van der Waals surface area (Å²) in [7, 11) is 0. The Hall–Kier alpha value is -0.520. The molecule has 0 rings (SSSR count). The average Bonchev–Trinajstić information content (AvgIpc) is 2.76. The maximum atomic E-state index is 2.37. The zero-order chi connectivity index (χ0) is 21.8. The van der Waals surface area contributed by atoms with Crippen molar-refractivity contribution in [1.29, 1.82) is 0 Å². The Morgan fingerprint density at radius 2 is 0.533 bits per heavy atom. The van der Waals surface area contributed by atoms with Gasteiger partial charge in [-0.1, -0.05) is 167 Å². The zero-order valence-corrected chi connectivity index (χ0v) is 21.3. The predicted octanol–water partition coefficient (Wildman–Crippen LogP) is 11.5. The molecule has 0 amide bonds. The molecule has 0 atom stereocenters. The molecule has 0 radical (unpaired) electrons. The van der Waals surface area contributed by atoms with E-state index in [0.29, 0.717) is 0 Å². The average molecular weight is 419 g/mol. The van der Waals surface area contributed by atoms with E-state index in [1.807, 2.05) is 0 Å². The molecule has 0 fully saturated rings. The molecule has 0 N–H and O–H groups in total. The lowest BCUT2D eigenvalue weighted by atomic mass is 10.0. The van der Waals surface area contributed by atoms with Gasteiger partial charge in [-0.15, -0.1) is 0 Å². The molecule has 0 aromatic carbocycles. The summed E-state index contributed by atoms with van der Waals surface area (Å²) < 4.78 is 0. The molecular formula is C30H58. The van der Waals surface area contributed by atoms with Crippen LogP contribution in [-0.2, 0) is 0 Å². The molecule has 0 spiro atoms. The normalized spacial score (nSPS) is 11.9. The maximum Gasteiger partial charge on any atom is -0.0348 e. The topological polar surface area (TPSA) is 0 Å². The lowest BCUT2D eigenvalue weighted by Crippen LogP contribution is -1.83. The summed E-state index contributed by atoms with van der Waals surface area (Å²) >= 11 is 0. The first-order chi connectivity index (χ1) is 14.9. The Morgan fingerprint density at radius 1 is 0.300 bits per heavy atom. The number of rotatable bonds is 25. The molecule has 178 valence electrons. The molecule has 0 saturated carbocycles. The van der Waals surface area contributed by atoms with E-state index < -0.39 is 0 Å². The second-order valence-electron chi connectivity index (χ2n) is 9.50. The van der Waals surface area contributed by atoms with Crippen molar-refractivity contribution in [3.05, 3.63) is 24.3 Å². The van der Waals surface area contributed by atoms with E-state index in [0.717, 1.165) is 0 Å². The first-order valence-electron chi connectivity index (χ1n) is 14.2. The summed E-state index contributed by atoms with van der Waals surface area (Å²) in [5.74, 6) is 0. The fourth-order valence-corrected chi connectivity index (χ4v) is 4.20. The molecule has 0 aromatic heterocycles. The Kier molecular flexibility index (Phi) is 28.0. The van der Waals surface area contributed by atoms with E-state index >= 15 is 0 Å². The molecule has 0 bridgehead atoms. The summed E-state index contributed by atoms with van der Waals surface area (Å²) in [5.41, 5.74) is 0. The van der Waals surface area contributed by atoms with Crippen molar-refractivity contribution < 1.29 is 0 Å². The highest BCUT2D eigenvalue weighted by Crippen LogP contribution is 2.13. The largest absolute Gasteiger partial charge is 0.0845 e. The third-order valence-corrected chi connectivity index (χ3v) is 6.33. The number of hydrogen-bond acceptors (Lipinski definition) is 0. The Bertz CT molecular complexity index is 338. The maximum absolute atomic E-state index is 2.37. The van der Waals surface area contributed by atoms with Gasteiger partial charge in [0.15, 0.2) is 0 Å².